The fraction of sp³-hybridized carbons (Fsp3) is 0.350. The minimum absolute atomic E-state index is 0.300. The van der Waals surface area contributed by atoms with Gasteiger partial charge in [-0.05, 0) is 42.7 Å². The van der Waals surface area contributed by atoms with Crippen molar-refractivity contribution < 1.29 is 22.7 Å². The van der Waals surface area contributed by atoms with Gasteiger partial charge < -0.3 is 9.64 Å². The maximum absolute atomic E-state index is 13.1. The van der Waals surface area contributed by atoms with Crippen LogP contribution in [0.2, 0.25) is 5.02 Å². The van der Waals surface area contributed by atoms with Gasteiger partial charge in [-0.1, -0.05) is 46.6 Å². The third-order valence-electron chi connectivity index (χ3n) is 4.50. The summed E-state index contributed by atoms with van der Waals surface area (Å²) in [6.07, 6.45) is -3.16. The summed E-state index contributed by atoms with van der Waals surface area (Å²) in [5, 5.41) is 0.475. The lowest BCUT2D eigenvalue weighted by molar-refractivity contribution is -0.137. The predicted molar refractivity (Wildman–Crippen MR) is 106 cm³/mol. The van der Waals surface area contributed by atoms with Gasteiger partial charge >= 0.3 is 6.18 Å². The Labute approximate surface area is 174 Å². The maximum Gasteiger partial charge on any atom is 0.416 e. The summed E-state index contributed by atoms with van der Waals surface area (Å²) in [5.74, 6) is 0.134. The highest BCUT2D eigenvalue weighted by Crippen LogP contribution is 2.40. The summed E-state index contributed by atoms with van der Waals surface area (Å²) in [7, 11) is 0. The van der Waals surface area contributed by atoms with E-state index in [0.29, 0.717) is 41.6 Å². The number of carbonyl (C=O) groups is 1. The molecule has 0 aliphatic carbocycles. The van der Waals surface area contributed by atoms with Crippen LogP contribution >= 0.6 is 27.5 Å². The molecule has 8 heteroatoms. The average Bonchev–Trinajstić information content (AvgIpc) is 3.07. The van der Waals surface area contributed by atoms with Crippen LogP contribution < -0.4 is 9.64 Å². The summed E-state index contributed by atoms with van der Waals surface area (Å²) in [5.41, 5.74) is 0.840. The SMILES string of the molecule is CCCOc1cc(Cl)ccc1C(Br)C(=O)N1CCc2ccc(C(F)(F)F)cc21. The Bertz CT molecular complexity index is 888. The molecule has 0 spiro atoms. The fourth-order valence-corrected chi connectivity index (χ4v) is 3.90. The summed E-state index contributed by atoms with van der Waals surface area (Å²) in [6, 6.07) is 8.50. The summed E-state index contributed by atoms with van der Waals surface area (Å²) in [6.45, 7) is 2.75. The number of nitrogens with zero attached hydrogens (tertiary/aromatic N) is 1. The quantitative estimate of drug-likeness (QED) is 0.483. The molecule has 1 aliphatic rings. The van der Waals surface area contributed by atoms with Crippen molar-refractivity contribution in [2.24, 2.45) is 0 Å². The molecule has 1 amide bonds. The lowest BCUT2D eigenvalue weighted by Crippen LogP contribution is -2.32. The third-order valence-corrected chi connectivity index (χ3v) is 5.62. The molecule has 3 nitrogen and oxygen atoms in total. The first-order valence-electron chi connectivity index (χ1n) is 8.80. The number of hydrogen-bond donors (Lipinski definition) is 0. The standard InChI is InChI=1S/C20H18BrClF3NO2/c1-2-9-28-17-11-14(22)5-6-15(17)18(21)19(27)26-8-7-12-3-4-13(10-16(12)26)20(23,24)25/h3-6,10-11,18H,2,7-9H2,1H3. The molecular weight excluding hydrogens is 459 g/mol. The molecule has 0 saturated heterocycles. The van der Waals surface area contributed by atoms with Gasteiger partial charge in [0.25, 0.3) is 0 Å². The molecule has 2 aromatic carbocycles. The third kappa shape index (κ3) is 4.30. The van der Waals surface area contributed by atoms with Gasteiger partial charge in [-0.25, -0.2) is 0 Å². The molecule has 0 radical (unpaired) electrons. The Balaban J connectivity index is 1.91. The van der Waals surface area contributed by atoms with E-state index in [9.17, 15) is 18.0 Å². The van der Waals surface area contributed by atoms with Crippen LogP contribution in [-0.2, 0) is 17.4 Å². The molecule has 0 fully saturated rings. The number of halogens is 5. The van der Waals surface area contributed by atoms with Gasteiger partial charge in [0, 0.05) is 22.8 Å². The minimum atomic E-state index is -4.46. The van der Waals surface area contributed by atoms with Gasteiger partial charge in [0.05, 0.1) is 12.2 Å². The van der Waals surface area contributed by atoms with Crippen molar-refractivity contribution in [3.05, 3.63) is 58.1 Å². The smallest absolute Gasteiger partial charge is 0.416 e. The molecule has 1 aliphatic heterocycles. The molecule has 1 heterocycles. The lowest BCUT2D eigenvalue weighted by Gasteiger charge is -2.23. The summed E-state index contributed by atoms with van der Waals surface area (Å²) < 4.78 is 44.9. The zero-order valence-electron chi connectivity index (χ0n) is 15.0. The summed E-state index contributed by atoms with van der Waals surface area (Å²) >= 11 is 9.44. The van der Waals surface area contributed by atoms with Gasteiger partial charge in [0.15, 0.2) is 0 Å². The van der Waals surface area contributed by atoms with Crippen LogP contribution in [0.3, 0.4) is 0 Å². The van der Waals surface area contributed by atoms with Crippen LogP contribution in [0.4, 0.5) is 18.9 Å². The molecule has 1 unspecified atom stereocenters. The van der Waals surface area contributed by atoms with E-state index in [1.165, 1.54) is 11.0 Å². The second kappa shape index (κ2) is 8.33. The molecule has 28 heavy (non-hydrogen) atoms. The Morgan fingerprint density at radius 2 is 2.04 bits per heavy atom. The first-order valence-corrected chi connectivity index (χ1v) is 10.1. The number of ether oxygens (including phenoxy) is 1. The highest BCUT2D eigenvalue weighted by Gasteiger charge is 2.35. The monoisotopic (exact) mass is 475 g/mol. The largest absolute Gasteiger partial charge is 0.493 e. The zero-order chi connectivity index (χ0) is 20.5. The van der Waals surface area contributed by atoms with Crippen molar-refractivity contribution in [1.29, 1.82) is 0 Å². The van der Waals surface area contributed by atoms with E-state index in [2.05, 4.69) is 15.9 Å². The van der Waals surface area contributed by atoms with Gasteiger partial charge in [-0.15, -0.1) is 0 Å². The molecule has 2 aromatic rings. The van der Waals surface area contributed by atoms with Crippen molar-refractivity contribution in [2.75, 3.05) is 18.1 Å². The second-order valence-corrected chi connectivity index (χ2v) is 7.83. The number of benzene rings is 2. The van der Waals surface area contributed by atoms with E-state index in [0.717, 1.165) is 24.1 Å². The van der Waals surface area contributed by atoms with Gasteiger partial charge in [0.2, 0.25) is 5.91 Å². The van der Waals surface area contributed by atoms with Gasteiger partial charge in [0.1, 0.15) is 10.6 Å². The van der Waals surface area contributed by atoms with Crippen LogP contribution in [0.5, 0.6) is 5.75 Å². The van der Waals surface area contributed by atoms with E-state index < -0.39 is 16.6 Å². The van der Waals surface area contributed by atoms with Crippen molar-refractivity contribution in [3.8, 4) is 5.75 Å². The van der Waals surface area contributed by atoms with Crippen LogP contribution in [-0.4, -0.2) is 19.1 Å². The molecular formula is C20H18BrClF3NO2. The molecule has 0 bridgehead atoms. The van der Waals surface area contributed by atoms with Gasteiger partial charge in [-0.2, -0.15) is 13.2 Å². The first kappa shape index (κ1) is 21.0. The van der Waals surface area contributed by atoms with Crippen molar-refractivity contribution in [2.45, 2.75) is 30.8 Å². The molecule has 3 rings (SSSR count). The molecule has 0 N–H and O–H groups in total. The van der Waals surface area contributed by atoms with E-state index in [-0.39, 0.29) is 5.91 Å². The maximum atomic E-state index is 13.1. The average molecular weight is 477 g/mol. The number of rotatable bonds is 5. The Morgan fingerprint density at radius 1 is 1.29 bits per heavy atom. The van der Waals surface area contributed by atoms with E-state index in [1.807, 2.05) is 6.92 Å². The highest BCUT2D eigenvalue weighted by atomic mass is 79.9. The van der Waals surface area contributed by atoms with Crippen molar-refractivity contribution >= 4 is 39.1 Å². The molecule has 1 atom stereocenters. The van der Waals surface area contributed by atoms with E-state index in [1.54, 1.807) is 18.2 Å². The Hall–Kier alpha value is -1.73. The normalized spacial score (nSPS) is 14.7. The number of carbonyl (C=O) groups excluding carboxylic acids is 1. The molecule has 0 aromatic heterocycles. The van der Waals surface area contributed by atoms with Crippen LogP contribution in [0.1, 0.15) is 34.9 Å². The van der Waals surface area contributed by atoms with Crippen LogP contribution in [0.25, 0.3) is 0 Å². The lowest BCUT2D eigenvalue weighted by atomic mass is 10.1. The zero-order valence-corrected chi connectivity index (χ0v) is 17.4. The summed E-state index contributed by atoms with van der Waals surface area (Å²) in [4.78, 5) is 13.7. The predicted octanol–water partition coefficient (Wildman–Crippen LogP) is 6.17. The number of fused-ring (bicyclic) bond motifs is 1. The van der Waals surface area contributed by atoms with Crippen molar-refractivity contribution in [3.63, 3.8) is 0 Å². The second-order valence-electron chi connectivity index (χ2n) is 6.47. The van der Waals surface area contributed by atoms with Crippen LogP contribution in [0.15, 0.2) is 36.4 Å². The number of alkyl halides is 4. The number of hydrogen-bond acceptors (Lipinski definition) is 2. The molecule has 150 valence electrons. The number of amides is 1. The topological polar surface area (TPSA) is 29.5 Å². The Morgan fingerprint density at radius 3 is 2.71 bits per heavy atom. The van der Waals surface area contributed by atoms with E-state index in [4.69, 9.17) is 16.3 Å². The Kier molecular flexibility index (Phi) is 6.25. The first-order chi connectivity index (χ1) is 13.2. The fourth-order valence-electron chi connectivity index (χ4n) is 3.11. The highest BCUT2D eigenvalue weighted by molar-refractivity contribution is 9.09. The number of anilines is 1. The van der Waals surface area contributed by atoms with Crippen LogP contribution in [0, 0.1) is 0 Å². The molecule has 0 saturated carbocycles. The van der Waals surface area contributed by atoms with E-state index >= 15 is 0 Å². The van der Waals surface area contributed by atoms with Crippen molar-refractivity contribution in [1.82, 2.24) is 0 Å². The van der Waals surface area contributed by atoms with Gasteiger partial charge in [-0.3, -0.25) is 4.79 Å². The minimum Gasteiger partial charge on any atom is -0.493 e.